The van der Waals surface area contributed by atoms with Gasteiger partial charge in [-0.2, -0.15) is 0 Å². The summed E-state index contributed by atoms with van der Waals surface area (Å²) in [6.45, 7) is 3.26. The van der Waals surface area contributed by atoms with Gasteiger partial charge >= 0.3 is 0 Å². The Bertz CT molecular complexity index is 601. The molecule has 2 heterocycles. The summed E-state index contributed by atoms with van der Waals surface area (Å²) in [6, 6.07) is 5.14. The maximum atomic E-state index is 12.3. The Morgan fingerprint density at radius 2 is 2.23 bits per heavy atom. The number of hydrogen-bond donors (Lipinski definition) is 2. The SMILES string of the molecule is Cl.O=S(=O)(NCCC1CCNC1)c1ccc2c(c1)CCCO2. The third-order valence-electron chi connectivity index (χ3n) is 4.20. The van der Waals surface area contributed by atoms with Crippen LogP contribution >= 0.6 is 12.4 Å². The van der Waals surface area contributed by atoms with Gasteiger partial charge in [0.15, 0.2) is 0 Å². The molecule has 1 fully saturated rings. The molecule has 2 aliphatic rings. The minimum atomic E-state index is -3.41. The number of aryl methyl sites for hydroxylation is 1. The van der Waals surface area contributed by atoms with Gasteiger partial charge < -0.3 is 10.1 Å². The van der Waals surface area contributed by atoms with E-state index in [0.29, 0.717) is 24.0 Å². The number of hydrogen-bond acceptors (Lipinski definition) is 4. The molecule has 2 aliphatic heterocycles. The average molecular weight is 347 g/mol. The third-order valence-corrected chi connectivity index (χ3v) is 5.66. The summed E-state index contributed by atoms with van der Waals surface area (Å²) in [7, 11) is -3.41. The molecule has 1 aromatic carbocycles. The summed E-state index contributed by atoms with van der Waals surface area (Å²) in [6.07, 6.45) is 3.85. The van der Waals surface area contributed by atoms with Gasteiger partial charge in [-0.05, 0) is 68.5 Å². The number of ether oxygens (including phenoxy) is 1. The maximum Gasteiger partial charge on any atom is 0.240 e. The first kappa shape index (κ1) is 17.5. The first-order valence-electron chi connectivity index (χ1n) is 7.61. The van der Waals surface area contributed by atoms with Crippen LogP contribution in [0.25, 0.3) is 0 Å². The lowest BCUT2D eigenvalue weighted by atomic mass is 10.1. The Morgan fingerprint density at radius 3 is 3.00 bits per heavy atom. The molecule has 2 N–H and O–H groups in total. The first-order valence-corrected chi connectivity index (χ1v) is 9.09. The van der Waals surface area contributed by atoms with Crippen LogP contribution in [-0.2, 0) is 16.4 Å². The fourth-order valence-electron chi connectivity index (χ4n) is 2.95. The normalized spacial score (nSPS) is 20.8. The molecule has 0 saturated carbocycles. The Morgan fingerprint density at radius 1 is 1.36 bits per heavy atom. The Hall–Kier alpha value is -0.820. The zero-order valence-corrected chi connectivity index (χ0v) is 14.1. The molecule has 5 nitrogen and oxygen atoms in total. The highest BCUT2D eigenvalue weighted by atomic mass is 35.5. The lowest BCUT2D eigenvalue weighted by Gasteiger charge is -2.18. The zero-order chi connectivity index (χ0) is 14.7. The molecule has 3 rings (SSSR count). The number of nitrogens with one attached hydrogen (secondary N) is 2. The summed E-state index contributed by atoms with van der Waals surface area (Å²) < 4.78 is 32.9. The van der Waals surface area contributed by atoms with Crippen LogP contribution in [0.2, 0.25) is 0 Å². The molecule has 7 heteroatoms. The Balaban J connectivity index is 0.00000176. The highest BCUT2D eigenvalue weighted by molar-refractivity contribution is 7.89. The predicted molar refractivity (Wildman–Crippen MR) is 88.3 cm³/mol. The Kier molecular flexibility index (Phi) is 6.09. The van der Waals surface area contributed by atoms with Crippen LogP contribution in [0.3, 0.4) is 0 Å². The molecule has 1 atom stereocenters. The second kappa shape index (κ2) is 7.64. The summed E-state index contributed by atoms with van der Waals surface area (Å²) in [4.78, 5) is 0.344. The van der Waals surface area contributed by atoms with Gasteiger partial charge in [-0.25, -0.2) is 13.1 Å². The molecule has 22 heavy (non-hydrogen) atoms. The van der Waals surface area contributed by atoms with E-state index in [1.807, 2.05) is 0 Å². The summed E-state index contributed by atoms with van der Waals surface area (Å²) >= 11 is 0. The zero-order valence-electron chi connectivity index (χ0n) is 12.5. The summed E-state index contributed by atoms with van der Waals surface area (Å²) in [5.41, 5.74) is 0.990. The molecule has 0 spiro atoms. The number of fused-ring (bicyclic) bond motifs is 1. The van der Waals surface area contributed by atoms with Crippen LogP contribution in [0.1, 0.15) is 24.8 Å². The molecule has 0 amide bonds. The minimum Gasteiger partial charge on any atom is -0.493 e. The third kappa shape index (κ3) is 4.13. The van der Waals surface area contributed by atoms with E-state index >= 15 is 0 Å². The molecule has 124 valence electrons. The van der Waals surface area contributed by atoms with Gasteiger partial charge in [0.05, 0.1) is 11.5 Å². The monoisotopic (exact) mass is 346 g/mol. The van der Waals surface area contributed by atoms with E-state index in [0.717, 1.165) is 50.1 Å². The van der Waals surface area contributed by atoms with Crippen LogP contribution < -0.4 is 14.8 Å². The number of benzene rings is 1. The van der Waals surface area contributed by atoms with Gasteiger partial charge in [-0.3, -0.25) is 0 Å². The van der Waals surface area contributed by atoms with Crippen LogP contribution in [0.15, 0.2) is 23.1 Å². The molecular weight excluding hydrogens is 324 g/mol. The van der Waals surface area contributed by atoms with Gasteiger partial charge in [-0.15, -0.1) is 12.4 Å². The average Bonchev–Trinajstić information content (AvgIpc) is 3.00. The molecule has 0 radical (unpaired) electrons. The van der Waals surface area contributed by atoms with Crippen molar-refractivity contribution >= 4 is 22.4 Å². The maximum absolute atomic E-state index is 12.3. The summed E-state index contributed by atoms with van der Waals surface area (Å²) in [5.74, 6) is 1.40. The van der Waals surface area contributed by atoms with Crippen LogP contribution in [0.4, 0.5) is 0 Å². The molecule has 0 bridgehead atoms. The van der Waals surface area contributed by atoms with Crippen molar-refractivity contribution in [1.29, 1.82) is 0 Å². The summed E-state index contributed by atoms with van der Waals surface area (Å²) in [5, 5.41) is 3.29. The van der Waals surface area contributed by atoms with Crippen molar-refractivity contribution in [2.75, 3.05) is 26.2 Å². The fourth-order valence-corrected chi connectivity index (χ4v) is 4.04. The van der Waals surface area contributed by atoms with E-state index in [9.17, 15) is 8.42 Å². The highest BCUT2D eigenvalue weighted by Crippen LogP contribution is 2.27. The molecule has 1 unspecified atom stereocenters. The van der Waals surface area contributed by atoms with Crippen LogP contribution in [0, 0.1) is 5.92 Å². The van der Waals surface area contributed by atoms with Crippen molar-refractivity contribution in [1.82, 2.24) is 10.0 Å². The van der Waals surface area contributed by atoms with Gasteiger partial charge in [0.2, 0.25) is 10.0 Å². The van der Waals surface area contributed by atoms with Crippen LogP contribution in [0.5, 0.6) is 5.75 Å². The highest BCUT2D eigenvalue weighted by Gasteiger charge is 2.19. The van der Waals surface area contributed by atoms with E-state index in [-0.39, 0.29) is 12.4 Å². The minimum absolute atomic E-state index is 0. The van der Waals surface area contributed by atoms with Crippen molar-refractivity contribution in [3.63, 3.8) is 0 Å². The quantitative estimate of drug-likeness (QED) is 0.851. The molecular formula is C15H23ClN2O3S. The van der Waals surface area contributed by atoms with Crippen molar-refractivity contribution < 1.29 is 13.2 Å². The molecule has 0 aromatic heterocycles. The van der Waals surface area contributed by atoms with Crippen molar-refractivity contribution in [3.8, 4) is 5.75 Å². The molecule has 1 aromatic rings. The van der Waals surface area contributed by atoms with Crippen molar-refractivity contribution in [3.05, 3.63) is 23.8 Å². The van der Waals surface area contributed by atoms with Gasteiger partial charge in [-0.1, -0.05) is 0 Å². The fraction of sp³-hybridized carbons (Fsp3) is 0.600. The van der Waals surface area contributed by atoms with Gasteiger partial charge in [0.1, 0.15) is 5.75 Å². The predicted octanol–water partition coefficient (Wildman–Crippen LogP) is 1.71. The molecule has 0 aliphatic carbocycles. The van der Waals surface area contributed by atoms with Gasteiger partial charge in [0, 0.05) is 6.54 Å². The smallest absolute Gasteiger partial charge is 0.240 e. The van der Waals surface area contributed by atoms with E-state index < -0.39 is 10.0 Å². The van der Waals surface area contributed by atoms with Crippen molar-refractivity contribution in [2.24, 2.45) is 5.92 Å². The lowest BCUT2D eigenvalue weighted by Crippen LogP contribution is -2.27. The van der Waals surface area contributed by atoms with Crippen LogP contribution in [-0.4, -0.2) is 34.7 Å². The number of sulfonamides is 1. The molecule has 1 saturated heterocycles. The first-order chi connectivity index (χ1) is 10.1. The van der Waals surface area contributed by atoms with Crippen molar-refractivity contribution in [2.45, 2.75) is 30.6 Å². The van der Waals surface area contributed by atoms with E-state index in [1.54, 1.807) is 18.2 Å². The van der Waals surface area contributed by atoms with E-state index in [2.05, 4.69) is 10.0 Å². The number of halogens is 1. The standard InChI is InChI=1S/C15H22N2O3S.ClH/c18-21(19,17-8-6-12-5-7-16-11-12)14-3-4-15-13(10-14)2-1-9-20-15;/h3-4,10,12,16-17H,1-2,5-9,11H2;1H. The lowest BCUT2D eigenvalue weighted by molar-refractivity contribution is 0.288. The van der Waals surface area contributed by atoms with Gasteiger partial charge in [0.25, 0.3) is 0 Å². The second-order valence-corrected chi connectivity index (χ2v) is 7.53. The van der Waals surface area contributed by atoms with E-state index in [1.165, 1.54) is 0 Å². The Labute approximate surface area is 138 Å². The van der Waals surface area contributed by atoms with E-state index in [4.69, 9.17) is 4.74 Å². The second-order valence-electron chi connectivity index (χ2n) is 5.77. The topological polar surface area (TPSA) is 67.4 Å². The number of rotatable bonds is 5. The largest absolute Gasteiger partial charge is 0.493 e.